The molecular formula is C60H55N7O10. The molecule has 0 unspecified atom stereocenters. The number of esters is 2. The minimum atomic E-state index is -2.14. The number of rotatable bonds is 10. The van der Waals surface area contributed by atoms with Crippen LogP contribution in [0.15, 0.2) is 140 Å². The highest BCUT2D eigenvalue weighted by molar-refractivity contribution is 6.25. The van der Waals surface area contributed by atoms with Crippen LogP contribution in [0.1, 0.15) is 71.0 Å². The standard InChI is InChI=1S/C60H55N7O10/c1-35(2)50(56(70)76-5)61-59(73)66-45-27-22-36(15-14-29-65-46-21-13-12-20-44(46)62-63-65)31-43(45)60(58(66)72)49(55(69)64-30-28-40-32-47(74-3)48(75-4)33-41(40)34-64)52-57(71)77-53(38-18-10-7-11-19-38)51(37-16-8-6-9-17-37)67(52)54(60)39-23-25-42(68)26-24-39/h6-13,16-27,31-33,35,49-54,68H,28-30,34H2,1-5H3,(H,61,73)/t49-,50+,51-,52-,53+,54+,60-/m1/s1. The Kier molecular flexibility index (Phi) is 13.2. The Morgan fingerprint density at radius 2 is 1.48 bits per heavy atom. The van der Waals surface area contributed by atoms with Gasteiger partial charge in [-0.05, 0) is 100 Å². The number of nitrogens with zero attached hydrogens (tertiary/aromatic N) is 6. The first-order valence-electron chi connectivity index (χ1n) is 25.4. The first kappa shape index (κ1) is 50.2. The van der Waals surface area contributed by atoms with E-state index >= 15 is 19.2 Å². The fraction of sp³-hybridized carbons (Fsp3) is 0.283. The number of morpholine rings is 1. The topological polar surface area (TPSA) is 195 Å². The predicted octanol–water partition coefficient (Wildman–Crippen LogP) is 7.36. The van der Waals surface area contributed by atoms with Gasteiger partial charge in [-0.1, -0.05) is 116 Å². The number of carbonyl (C=O) groups is 5. The van der Waals surface area contributed by atoms with Crippen LogP contribution in [0, 0.1) is 23.7 Å². The lowest BCUT2D eigenvalue weighted by atomic mass is 9.64. The fourth-order valence-corrected chi connectivity index (χ4v) is 12.0. The van der Waals surface area contributed by atoms with Gasteiger partial charge in [-0.25, -0.2) is 19.2 Å². The molecule has 7 aromatic rings. The number of hydrogen-bond acceptors (Lipinski definition) is 13. The van der Waals surface area contributed by atoms with Gasteiger partial charge in [0.15, 0.2) is 11.5 Å². The number of nitrogens with one attached hydrogen (secondary N) is 1. The minimum Gasteiger partial charge on any atom is -0.508 e. The van der Waals surface area contributed by atoms with E-state index in [-0.39, 0.29) is 36.6 Å². The van der Waals surface area contributed by atoms with Crippen molar-refractivity contribution < 1.29 is 48.0 Å². The Labute approximate surface area is 444 Å². The molecule has 2 saturated heterocycles. The number of urea groups is 1. The van der Waals surface area contributed by atoms with Gasteiger partial charge < -0.3 is 34.3 Å². The number of para-hydroxylation sites is 1. The number of imide groups is 1. The number of fused-ring (bicyclic) bond motifs is 5. The number of cyclic esters (lactones) is 1. The lowest BCUT2D eigenvalue weighted by Crippen LogP contribution is -2.58. The molecule has 17 heteroatoms. The second-order valence-corrected chi connectivity index (χ2v) is 19.9. The smallest absolute Gasteiger partial charge is 0.329 e. The van der Waals surface area contributed by atoms with Crippen LogP contribution in [0.25, 0.3) is 11.0 Å². The van der Waals surface area contributed by atoms with Crippen molar-refractivity contribution in [1.82, 2.24) is 30.1 Å². The third-order valence-electron chi connectivity index (χ3n) is 15.4. The van der Waals surface area contributed by atoms with E-state index < -0.39 is 77.3 Å². The second-order valence-electron chi connectivity index (χ2n) is 19.9. The van der Waals surface area contributed by atoms with Gasteiger partial charge in [-0.15, -0.1) is 5.10 Å². The van der Waals surface area contributed by atoms with Crippen LogP contribution in [0.4, 0.5) is 10.5 Å². The van der Waals surface area contributed by atoms with E-state index in [9.17, 15) is 9.90 Å². The van der Waals surface area contributed by atoms with Crippen molar-refractivity contribution in [2.45, 2.75) is 69.0 Å². The van der Waals surface area contributed by atoms with Gasteiger partial charge in [-0.2, -0.15) is 0 Å². The number of benzene rings is 6. The largest absolute Gasteiger partial charge is 0.508 e. The number of phenolic OH excluding ortho intramolecular Hbond substituents is 1. The Morgan fingerprint density at radius 1 is 0.805 bits per heavy atom. The molecule has 7 atom stereocenters. The molecule has 390 valence electrons. The van der Waals surface area contributed by atoms with Crippen LogP contribution in [0.3, 0.4) is 0 Å². The number of hydrogen-bond donors (Lipinski definition) is 2. The molecular weight excluding hydrogens is 979 g/mol. The quantitative estimate of drug-likeness (QED) is 0.102. The van der Waals surface area contributed by atoms with E-state index in [0.717, 1.165) is 27.1 Å². The molecule has 77 heavy (non-hydrogen) atoms. The van der Waals surface area contributed by atoms with Crippen LogP contribution in [-0.4, -0.2) is 99.6 Å². The molecule has 0 saturated carbocycles. The maximum absolute atomic E-state index is 16.9. The molecule has 5 heterocycles. The maximum Gasteiger partial charge on any atom is 0.329 e. The van der Waals surface area contributed by atoms with E-state index in [0.29, 0.717) is 40.1 Å². The normalized spacial score (nSPS) is 21.9. The Bertz CT molecular complexity index is 3520. The SMILES string of the molecule is COC(=O)[C@@H](NC(=O)N1C(=O)[C@@]2(c3cc(C#CCn4nnc5ccccc54)ccc31)[C@H](c1ccc(O)cc1)N1[C@H](c3ccccc3)[C@H](c3ccccc3)OC(=O)[C@H]1[C@@H]2C(=O)N1CCc2cc(OC)c(OC)cc2C1)C(C)C. The molecule has 0 aliphatic carbocycles. The Morgan fingerprint density at radius 3 is 2.17 bits per heavy atom. The number of aromatic hydroxyl groups is 1. The summed E-state index contributed by atoms with van der Waals surface area (Å²) in [7, 11) is 4.31. The van der Waals surface area contributed by atoms with Crippen molar-refractivity contribution in [2.24, 2.45) is 11.8 Å². The van der Waals surface area contributed by atoms with Crippen molar-refractivity contribution in [1.29, 1.82) is 0 Å². The number of ether oxygens (including phenoxy) is 4. The first-order chi connectivity index (χ1) is 37.4. The molecule has 1 aromatic heterocycles. The van der Waals surface area contributed by atoms with Gasteiger partial charge in [0.2, 0.25) is 11.8 Å². The molecule has 4 amide bonds. The van der Waals surface area contributed by atoms with E-state index in [4.69, 9.17) is 18.9 Å². The second kappa shape index (κ2) is 20.3. The maximum atomic E-state index is 16.9. The molecule has 2 fully saturated rings. The molecule has 11 rings (SSSR count). The first-order valence-corrected chi connectivity index (χ1v) is 25.4. The van der Waals surface area contributed by atoms with Crippen LogP contribution >= 0.6 is 0 Å². The summed E-state index contributed by atoms with van der Waals surface area (Å²) in [5, 5.41) is 22.3. The minimum absolute atomic E-state index is 0.0664. The predicted molar refractivity (Wildman–Crippen MR) is 282 cm³/mol. The summed E-state index contributed by atoms with van der Waals surface area (Å²) in [6.45, 7) is 3.89. The zero-order chi connectivity index (χ0) is 53.7. The molecule has 6 aromatic carbocycles. The summed E-state index contributed by atoms with van der Waals surface area (Å²) in [4.78, 5) is 82.5. The Hall–Kier alpha value is -9.01. The van der Waals surface area contributed by atoms with Gasteiger partial charge in [-0.3, -0.25) is 19.3 Å². The molecule has 1 spiro atoms. The van der Waals surface area contributed by atoms with E-state index in [2.05, 4.69) is 27.5 Å². The number of methoxy groups -OCH3 is 3. The third-order valence-corrected chi connectivity index (χ3v) is 15.4. The zero-order valence-corrected chi connectivity index (χ0v) is 43.0. The van der Waals surface area contributed by atoms with Crippen LogP contribution in [-0.2, 0) is 53.6 Å². The summed E-state index contributed by atoms with van der Waals surface area (Å²) in [5.41, 5.74) is 3.66. The number of anilines is 1. The summed E-state index contributed by atoms with van der Waals surface area (Å²) >= 11 is 0. The van der Waals surface area contributed by atoms with Crippen molar-refractivity contribution in [3.63, 3.8) is 0 Å². The van der Waals surface area contributed by atoms with E-state index in [1.165, 1.54) is 26.4 Å². The molecule has 0 radical (unpaired) electrons. The number of phenols is 1. The Balaban J connectivity index is 1.18. The molecule has 4 aliphatic heterocycles. The van der Waals surface area contributed by atoms with E-state index in [1.54, 1.807) is 60.9 Å². The highest BCUT2D eigenvalue weighted by Gasteiger charge is 2.76. The zero-order valence-electron chi connectivity index (χ0n) is 43.0. The van der Waals surface area contributed by atoms with Crippen molar-refractivity contribution in [3.8, 4) is 29.1 Å². The lowest BCUT2D eigenvalue weighted by molar-refractivity contribution is -0.179. The summed E-state index contributed by atoms with van der Waals surface area (Å²) in [5.74, 6) is 2.47. The van der Waals surface area contributed by atoms with Crippen molar-refractivity contribution in [3.05, 3.63) is 178 Å². The van der Waals surface area contributed by atoms with Gasteiger partial charge >= 0.3 is 18.0 Å². The molecule has 4 aliphatic rings. The summed E-state index contributed by atoms with van der Waals surface area (Å²) < 4.78 is 24.8. The lowest BCUT2D eigenvalue weighted by Gasteiger charge is -2.46. The van der Waals surface area contributed by atoms with Gasteiger partial charge in [0.05, 0.1) is 50.5 Å². The van der Waals surface area contributed by atoms with Crippen molar-refractivity contribution >= 4 is 46.5 Å². The van der Waals surface area contributed by atoms with Crippen LogP contribution in [0.2, 0.25) is 0 Å². The van der Waals surface area contributed by atoms with Gasteiger partial charge in [0, 0.05) is 18.7 Å². The number of amides is 4. The molecule has 2 N–H and O–H groups in total. The monoisotopic (exact) mass is 1030 g/mol. The molecule has 17 nitrogen and oxygen atoms in total. The highest BCUT2D eigenvalue weighted by Crippen LogP contribution is 2.66. The van der Waals surface area contributed by atoms with Crippen LogP contribution < -0.4 is 19.7 Å². The van der Waals surface area contributed by atoms with Crippen LogP contribution in [0.5, 0.6) is 17.2 Å². The number of carbonyl (C=O) groups excluding carboxylic acids is 5. The average molecular weight is 1030 g/mol. The highest BCUT2D eigenvalue weighted by atomic mass is 16.6. The number of aromatic nitrogens is 3. The van der Waals surface area contributed by atoms with Gasteiger partial charge in [0.1, 0.15) is 41.4 Å². The summed E-state index contributed by atoms with van der Waals surface area (Å²) in [6.07, 6.45) is -0.571. The summed E-state index contributed by atoms with van der Waals surface area (Å²) in [6, 6.07) is 35.7. The van der Waals surface area contributed by atoms with Gasteiger partial charge in [0.25, 0.3) is 0 Å². The third kappa shape index (κ3) is 8.45. The van der Waals surface area contributed by atoms with Crippen molar-refractivity contribution in [2.75, 3.05) is 32.8 Å². The molecule has 0 bridgehead atoms. The fourth-order valence-electron chi connectivity index (χ4n) is 12.0. The average Bonchev–Trinajstić information content (AvgIpc) is 4.30. The van der Waals surface area contributed by atoms with E-state index in [1.807, 2.05) is 102 Å².